The lowest BCUT2D eigenvalue weighted by Crippen LogP contribution is -1.94. The van der Waals surface area contributed by atoms with Gasteiger partial charge in [-0.15, -0.1) is 0 Å². The number of pyridine rings is 1. The number of oxazole rings is 1. The zero-order valence-corrected chi connectivity index (χ0v) is 9.51. The largest absolute Gasteiger partial charge is 0.417 e. The maximum Gasteiger partial charge on any atom is 0.417 e. The average Bonchev–Trinajstić information content (AvgIpc) is 2.90. The zero-order valence-electron chi connectivity index (χ0n) is 9.51. The summed E-state index contributed by atoms with van der Waals surface area (Å²) in [5.41, 5.74) is 2.41. The predicted molar refractivity (Wildman–Crippen MR) is 63.6 cm³/mol. The van der Waals surface area contributed by atoms with Crippen LogP contribution in [0.1, 0.15) is 16.1 Å². The molecule has 3 rings (SSSR count). The minimum Gasteiger partial charge on any atom is -0.406 e. The highest BCUT2D eigenvalue weighted by atomic mass is 16.4. The first-order valence-corrected chi connectivity index (χ1v) is 5.31. The number of nitrogens with one attached hydrogen (secondary N) is 1. The molecule has 3 aromatic rings. The van der Waals surface area contributed by atoms with Crippen LogP contribution in [0.4, 0.5) is 0 Å². The summed E-state index contributed by atoms with van der Waals surface area (Å²) in [5.74, 6) is -0.0931. The summed E-state index contributed by atoms with van der Waals surface area (Å²) in [7, 11) is 0. The van der Waals surface area contributed by atoms with Gasteiger partial charge in [0.05, 0.1) is 5.69 Å². The lowest BCUT2D eigenvalue weighted by Gasteiger charge is -1.92. The Hall–Kier alpha value is -2.63. The van der Waals surface area contributed by atoms with Gasteiger partial charge in [0.1, 0.15) is 11.3 Å². The number of aromatic nitrogens is 3. The van der Waals surface area contributed by atoms with E-state index < -0.39 is 5.76 Å². The Bertz CT molecular complexity index is 794. The Morgan fingerprint density at radius 3 is 2.89 bits per heavy atom. The van der Waals surface area contributed by atoms with Crippen LogP contribution >= 0.6 is 0 Å². The van der Waals surface area contributed by atoms with Gasteiger partial charge in [0.25, 0.3) is 0 Å². The molecule has 90 valence electrons. The Labute approximate surface area is 101 Å². The van der Waals surface area contributed by atoms with Crippen LogP contribution in [-0.4, -0.2) is 20.7 Å². The molecule has 18 heavy (non-hydrogen) atoms. The summed E-state index contributed by atoms with van der Waals surface area (Å²) >= 11 is 0. The van der Waals surface area contributed by atoms with Crippen molar-refractivity contribution in [3.63, 3.8) is 0 Å². The van der Waals surface area contributed by atoms with E-state index in [1.54, 1.807) is 35.9 Å². The maximum absolute atomic E-state index is 11.1. The summed E-state index contributed by atoms with van der Waals surface area (Å²) in [6.45, 7) is 1.74. The highest BCUT2D eigenvalue weighted by Gasteiger charge is 2.12. The number of carbonyl (C=O) groups is 1. The molecule has 6 nitrogen and oxygen atoms in total. The maximum atomic E-state index is 11.1. The first-order valence-electron chi connectivity index (χ1n) is 5.31. The molecule has 0 fully saturated rings. The fourth-order valence-corrected chi connectivity index (χ4v) is 1.84. The summed E-state index contributed by atoms with van der Waals surface area (Å²) in [5, 5.41) is 0. The third kappa shape index (κ3) is 1.55. The number of H-pyrrole nitrogens is 1. The quantitative estimate of drug-likeness (QED) is 0.690. The molecule has 0 aromatic carbocycles. The molecule has 0 atom stereocenters. The number of aryl methyl sites for hydroxylation is 1. The number of aldehydes is 1. The van der Waals surface area contributed by atoms with Crippen LogP contribution in [-0.2, 0) is 0 Å². The summed E-state index contributed by atoms with van der Waals surface area (Å²) in [6.07, 6.45) is 4.14. The molecule has 0 aliphatic rings. The standard InChI is InChI=1S/C12H9N3O3/c1-7-11(18-12(17)13-7)9-5-15-4-8(6-16)2-3-10(15)14-9/h2-6H,1H3,(H,13,17). The molecule has 0 radical (unpaired) electrons. The van der Waals surface area contributed by atoms with Gasteiger partial charge in [-0.05, 0) is 19.1 Å². The van der Waals surface area contributed by atoms with Gasteiger partial charge in [-0.2, -0.15) is 0 Å². The molecule has 1 N–H and O–H groups in total. The number of hydrogen-bond donors (Lipinski definition) is 1. The van der Waals surface area contributed by atoms with E-state index in [2.05, 4.69) is 9.97 Å². The normalized spacial score (nSPS) is 10.9. The van der Waals surface area contributed by atoms with E-state index in [-0.39, 0.29) is 0 Å². The average molecular weight is 243 g/mol. The molecular formula is C12H9N3O3. The van der Waals surface area contributed by atoms with Crippen LogP contribution < -0.4 is 5.76 Å². The summed E-state index contributed by atoms with van der Waals surface area (Å²) in [6, 6.07) is 3.41. The molecule has 0 spiro atoms. The molecule has 3 aromatic heterocycles. The number of fused-ring (bicyclic) bond motifs is 1. The van der Waals surface area contributed by atoms with Crippen molar-refractivity contribution in [2.24, 2.45) is 0 Å². The highest BCUT2D eigenvalue weighted by molar-refractivity contribution is 5.75. The van der Waals surface area contributed by atoms with Gasteiger partial charge < -0.3 is 8.82 Å². The highest BCUT2D eigenvalue weighted by Crippen LogP contribution is 2.20. The fraction of sp³-hybridized carbons (Fsp3) is 0.0833. The van der Waals surface area contributed by atoms with Crippen molar-refractivity contribution in [2.75, 3.05) is 0 Å². The SMILES string of the molecule is Cc1[nH]c(=O)oc1-c1cn2cc(C=O)ccc2n1. The van der Waals surface area contributed by atoms with E-state index in [9.17, 15) is 9.59 Å². The number of carbonyl (C=O) groups excluding carboxylic acids is 1. The van der Waals surface area contributed by atoms with Crippen LogP contribution in [0.25, 0.3) is 17.1 Å². The van der Waals surface area contributed by atoms with E-state index in [0.717, 1.165) is 6.29 Å². The van der Waals surface area contributed by atoms with Gasteiger partial charge in [0, 0.05) is 18.0 Å². The Balaban J connectivity index is 2.21. The topological polar surface area (TPSA) is 80.4 Å². The van der Waals surface area contributed by atoms with Crippen LogP contribution in [0, 0.1) is 6.92 Å². The van der Waals surface area contributed by atoms with E-state index in [4.69, 9.17) is 4.42 Å². The van der Waals surface area contributed by atoms with E-state index in [1.165, 1.54) is 0 Å². The second-order valence-corrected chi connectivity index (χ2v) is 3.94. The van der Waals surface area contributed by atoms with Crippen molar-refractivity contribution >= 4 is 11.9 Å². The van der Waals surface area contributed by atoms with Crippen LogP contribution in [0.3, 0.4) is 0 Å². The number of hydrogen-bond acceptors (Lipinski definition) is 4. The minimum atomic E-state index is -0.506. The second-order valence-electron chi connectivity index (χ2n) is 3.94. The number of nitrogens with zero attached hydrogens (tertiary/aromatic N) is 2. The van der Waals surface area contributed by atoms with Gasteiger partial charge in [0.2, 0.25) is 0 Å². The predicted octanol–water partition coefficient (Wildman–Crippen LogP) is 1.40. The van der Waals surface area contributed by atoms with Crippen molar-refractivity contribution in [3.05, 3.63) is 46.3 Å². The van der Waals surface area contributed by atoms with E-state index in [0.29, 0.717) is 28.4 Å². The van der Waals surface area contributed by atoms with Crippen molar-refractivity contribution in [3.8, 4) is 11.5 Å². The summed E-state index contributed by atoms with van der Waals surface area (Å²) in [4.78, 5) is 28.7. The monoisotopic (exact) mass is 243 g/mol. The first kappa shape index (κ1) is 10.5. The number of rotatable bonds is 2. The third-order valence-corrected chi connectivity index (χ3v) is 2.67. The molecule has 0 bridgehead atoms. The van der Waals surface area contributed by atoms with E-state index in [1.807, 2.05) is 0 Å². The molecular weight excluding hydrogens is 234 g/mol. The fourth-order valence-electron chi connectivity index (χ4n) is 1.84. The number of aromatic amines is 1. The van der Waals surface area contributed by atoms with Gasteiger partial charge in [-0.1, -0.05) is 0 Å². The van der Waals surface area contributed by atoms with Crippen LogP contribution in [0.2, 0.25) is 0 Å². The molecule has 0 aliphatic heterocycles. The van der Waals surface area contributed by atoms with Crippen molar-refractivity contribution in [2.45, 2.75) is 6.92 Å². The van der Waals surface area contributed by atoms with Gasteiger partial charge >= 0.3 is 5.76 Å². The summed E-state index contributed by atoms with van der Waals surface area (Å²) < 4.78 is 6.74. The Kier molecular flexibility index (Phi) is 2.16. The first-order chi connectivity index (χ1) is 8.67. The zero-order chi connectivity index (χ0) is 12.7. The Morgan fingerprint density at radius 2 is 2.22 bits per heavy atom. The number of imidazole rings is 1. The molecule has 0 unspecified atom stereocenters. The molecule has 6 heteroatoms. The lowest BCUT2D eigenvalue weighted by atomic mass is 10.3. The van der Waals surface area contributed by atoms with E-state index >= 15 is 0 Å². The molecule has 0 amide bonds. The van der Waals surface area contributed by atoms with Crippen LogP contribution in [0.15, 0.2) is 33.7 Å². The smallest absolute Gasteiger partial charge is 0.406 e. The lowest BCUT2D eigenvalue weighted by molar-refractivity contribution is 0.112. The van der Waals surface area contributed by atoms with Crippen LogP contribution in [0.5, 0.6) is 0 Å². The van der Waals surface area contributed by atoms with Crippen molar-refractivity contribution in [1.29, 1.82) is 0 Å². The van der Waals surface area contributed by atoms with Crippen molar-refractivity contribution in [1.82, 2.24) is 14.4 Å². The van der Waals surface area contributed by atoms with Gasteiger partial charge in [-0.3, -0.25) is 9.78 Å². The molecule has 0 saturated heterocycles. The van der Waals surface area contributed by atoms with Crippen molar-refractivity contribution < 1.29 is 9.21 Å². The second kappa shape index (κ2) is 3.69. The molecule has 3 heterocycles. The minimum absolute atomic E-state index is 0.413. The molecule has 0 saturated carbocycles. The van der Waals surface area contributed by atoms with Gasteiger partial charge in [-0.25, -0.2) is 9.78 Å². The third-order valence-electron chi connectivity index (χ3n) is 2.67. The Morgan fingerprint density at radius 1 is 1.39 bits per heavy atom. The van der Waals surface area contributed by atoms with Gasteiger partial charge in [0.15, 0.2) is 12.0 Å². The molecule has 0 aliphatic carbocycles.